The monoisotopic (exact) mass is 390 g/mol. The second-order valence-corrected chi connectivity index (χ2v) is 5.63. The molecule has 0 bridgehead atoms. The number of carbonyl (C=O) groups excluding carboxylic acids is 2. The van der Waals surface area contributed by atoms with Gasteiger partial charge in [0, 0.05) is 0 Å². The molecule has 1 N–H and O–H groups in total. The maximum absolute atomic E-state index is 11.3. The van der Waals surface area contributed by atoms with Crippen molar-refractivity contribution in [1.82, 2.24) is 0 Å². The number of methoxy groups -OCH3 is 4. The van der Waals surface area contributed by atoms with Crippen LogP contribution in [0.5, 0.6) is 11.5 Å². The van der Waals surface area contributed by atoms with Crippen LogP contribution < -0.4 is 9.47 Å². The van der Waals surface area contributed by atoms with Crippen LogP contribution >= 0.6 is 0 Å². The molecule has 2 rings (SSSR count). The standard InChI is InChI=1S/C11H14O3.C10H12O4/c1-4-8-5-9(11(12)14-3)7-10(6-8)13-2;1-13-9-4-7(6-11)3-8(5-9)10(12)14-2/h5-7H,4H2,1-3H3;3-5,11H,6H2,1-2H3. The minimum Gasteiger partial charge on any atom is -0.497 e. The van der Waals surface area contributed by atoms with Gasteiger partial charge < -0.3 is 24.1 Å². The summed E-state index contributed by atoms with van der Waals surface area (Å²) in [5.74, 6) is 0.430. The van der Waals surface area contributed by atoms with Crippen LogP contribution in [-0.2, 0) is 22.5 Å². The molecular formula is C21H26O7. The fourth-order valence-corrected chi connectivity index (χ4v) is 2.32. The Morgan fingerprint density at radius 2 is 1.18 bits per heavy atom. The van der Waals surface area contributed by atoms with Gasteiger partial charge in [0.2, 0.25) is 0 Å². The zero-order valence-corrected chi connectivity index (χ0v) is 16.8. The predicted molar refractivity (Wildman–Crippen MR) is 104 cm³/mol. The van der Waals surface area contributed by atoms with E-state index in [2.05, 4.69) is 9.47 Å². The minimum absolute atomic E-state index is 0.138. The Kier molecular flexibility index (Phi) is 9.53. The van der Waals surface area contributed by atoms with Gasteiger partial charge in [-0.1, -0.05) is 6.92 Å². The molecule has 2 aromatic carbocycles. The third kappa shape index (κ3) is 6.59. The normalized spacial score (nSPS) is 9.64. The van der Waals surface area contributed by atoms with Crippen LogP contribution in [0, 0.1) is 0 Å². The smallest absolute Gasteiger partial charge is 0.337 e. The summed E-state index contributed by atoms with van der Waals surface area (Å²) < 4.78 is 19.3. The molecule has 0 unspecified atom stereocenters. The second-order valence-electron chi connectivity index (χ2n) is 5.63. The Balaban J connectivity index is 0.000000280. The molecule has 7 nitrogen and oxygen atoms in total. The van der Waals surface area contributed by atoms with E-state index in [-0.39, 0.29) is 12.6 Å². The summed E-state index contributed by atoms with van der Waals surface area (Å²) in [5, 5.41) is 8.93. The molecule has 0 radical (unpaired) electrons. The zero-order chi connectivity index (χ0) is 21.1. The van der Waals surface area contributed by atoms with Crippen molar-refractivity contribution >= 4 is 11.9 Å². The van der Waals surface area contributed by atoms with Gasteiger partial charge in [0.25, 0.3) is 0 Å². The van der Waals surface area contributed by atoms with Crippen molar-refractivity contribution in [1.29, 1.82) is 0 Å². The molecule has 7 heteroatoms. The molecule has 28 heavy (non-hydrogen) atoms. The third-order valence-corrected chi connectivity index (χ3v) is 3.84. The summed E-state index contributed by atoms with van der Waals surface area (Å²) in [7, 11) is 5.75. The largest absolute Gasteiger partial charge is 0.497 e. The Morgan fingerprint density at radius 3 is 1.54 bits per heavy atom. The number of rotatable bonds is 6. The van der Waals surface area contributed by atoms with Crippen molar-refractivity contribution in [2.24, 2.45) is 0 Å². The number of aliphatic hydroxyl groups excluding tert-OH is 1. The summed E-state index contributed by atoms with van der Waals surface area (Å²) >= 11 is 0. The number of carbonyl (C=O) groups is 2. The van der Waals surface area contributed by atoms with Gasteiger partial charge in [0.05, 0.1) is 46.2 Å². The van der Waals surface area contributed by atoms with Crippen LogP contribution in [0.4, 0.5) is 0 Å². The van der Waals surface area contributed by atoms with Crippen molar-refractivity contribution < 1.29 is 33.6 Å². The number of aryl methyl sites for hydroxylation is 1. The van der Waals surface area contributed by atoms with E-state index < -0.39 is 5.97 Å². The van der Waals surface area contributed by atoms with Crippen LogP contribution in [-0.4, -0.2) is 45.5 Å². The second kappa shape index (κ2) is 11.6. The van der Waals surface area contributed by atoms with Crippen molar-refractivity contribution in [3.05, 3.63) is 58.7 Å². The summed E-state index contributed by atoms with van der Waals surface area (Å²) in [6.07, 6.45) is 0.862. The fourth-order valence-electron chi connectivity index (χ4n) is 2.32. The lowest BCUT2D eigenvalue weighted by molar-refractivity contribution is 0.0591. The van der Waals surface area contributed by atoms with Crippen molar-refractivity contribution in [2.45, 2.75) is 20.0 Å². The molecule has 0 saturated heterocycles. The number of hydrogen-bond donors (Lipinski definition) is 1. The molecule has 2 aromatic rings. The van der Waals surface area contributed by atoms with Crippen molar-refractivity contribution in [3.8, 4) is 11.5 Å². The first-order chi connectivity index (χ1) is 13.4. The van der Waals surface area contributed by atoms with Crippen molar-refractivity contribution in [3.63, 3.8) is 0 Å². The van der Waals surface area contributed by atoms with Crippen LogP contribution in [0.3, 0.4) is 0 Å². The highest BCUT2D eigenvalue weighted by Gasteiger charge is 2.09. The van der Waals surface area contributed by atoms with Gasteiger partial charge in [0.15, 0.2) is 0 Å². The first-order valence-electron chi connectivity index (χ1n) is 8.55. The average molecular weight is 390 g/mol. The Labute approximate surface area is 164 Å². The van der Waals surface area contributed by atoms with Crippen LogP contribution in [0.1, 0.15) is 38.8 Å². The first kappa shape index (κ1) is 23.0. The zero-order valence-electron chi connectivity index (χ0n) is 16.8. The number of benzene rings is 2. The molecule has 0 aromatic heterocycles. The van der Waals surface area contributed by atoms with Crippen LogP contribution in [0.15, 0.2) is 36.4 Å². The highest BCUT2D eigenvalue weighted by Crippen LogP contribution is 2.18. The van der Waals surface area contributed by atoms with E-state index in [1.165, 1.54) is 21.3 Å². The van der Waals surface area contributed by atoms with Crippen LogP contribution in [0.25, 0.3) is 0 Å². The van der Waals surface area contributed by atoms with E-state index in [1.807, 2.05) is 19.1 Å². The quantitative estimate of drug-likeness (QED) is 0.758. The molecule has 0 amide bonds. The molecule has 0 aliphatic carbocycles. The number of esters is 2. The van der Waals surface area contributed by atoms with Gasteiger partial charge in [-0.3, -0.25) is 0 Å². The summed E-state index contributed by atoms with van der Waals surface area (Å²) in [4.78, 5) is 22.5. The Hall–Kier alpha value is -3.06. The van der Waals surface area contributed by atoms with Crippen LogP contribution in [0.2, 0.25) is 0 Å². The fraction of sp³-hybridized carbons (Fsp3) is 0.333. The predicted octanol–water partition coefficient (Wildman–Crippen LogP) is 3.02. The van der Waals surface area contributed by atoms with E-state index in [0.29, 0.717) is 28.2 Å². The highest BCUT2D eigenvalue weighted by atomic mass is 16.5. The molecule has 0 heterocycles. The minimum atomic E-state index is -0.446. The lowest BCUT2D eigenvalue weighted by atomic mass is 10.1. The third-order valence-electron chi connectivity index (χ3n) is 3.84. The molecule has 0 aliphatic heterocycles. The van der Waals surface area contributed by atoms with Gasteiger partial charge in [0.1, 0.15) is 11.5 Å². The molecule has 0 spiro atoms. The maximum atomic E-state index is 11.3. The van der Waals surface area contributed by atoms with Gasteiger partial charge in [-0.25, -0.2) is 9.59 Å². The van der Waals surface area contributed by atoms with E-state index in [4.69, 9.17) is 14.6 Å². The van der Waals surface area contributed by atoms with E-state index in [1.54, 1.807) is 31.4 Å². The molecule has 0 fully saturated rings. The van der Waals surface area contributed by atoms with E-state index in [9.17, 15) is 9.59 Å². The van der Waals surface area contributed by atoms with Gasteiger partial charge >= 0.3 is 11.9 Å². The highest BCUT2D eigenvalue weighted by molar-refractivity contribution is 5.90. The maximum Gasteiger partial charge on any atom is 0.337 e. The molecule has 0 saturated carbocycles. The van der Waals surface area contributed by atoms with Gasteiger partial charge in [-0.2, -0.15) is 0 Å². The summed E-state index contributed by atoms with van der Waals surface area (Å²) in [5.41, 5.74) is 2.58. The average Bonchev–Trinajstić information content (AvgIpc) is 2.77. The Morgan fingerprint density at radius 1 is 0.750 bits per heavy atom. The molecular weight excluding hydrogens is 364 g/mol. The summed E-state index contributed by atoms with van der Waals surface area (Å²) in [6.45, 7) is 1.89. The SMILES string of the molecule is CCc1cc(OC)cc(C(=O)OC)c1.COC(=O)c1cc(CO)cc(OC)c1. The van der Waals surface area contributed by atoms with Crippen molar-refractivity contribution in [2.75, 3.05) is 28.4 Å². The Bertz CT molecular complexity index is 687. The molecule has 0 atom stereocenters. The molecule has 152 valence electrons. The topological polar surface area (TPSA) is 91.3 Å². The van der Waals surface area contributed by atoms with E-state index in [0.717, 1.165) is 12.0 Å². The summed E-state index contributed by atoms with van der Waals surface area (Å²) in [6, 6.07) is 10.2. The van der Waals surface area contributed by atoms with Gasteiger partial charge in [-0.15, -0.1) is 0 Å². The lowest BCUT2D eigenvalue weighted by Gasteiger charge is -2.06. The molecule has 0 aliphatic rings. The first-order valence-corrected chi connectivity index (χ1v) is 8.55. The van der Waals surface area contributed by atoms with E-state index >= 15 is 0 Å². The lowest BCUT2D eigenvalue weighted by Crippen LogP contribution is -2.02. The number of ether oxygens (including phenoxy) is 4. The number of aliphatic hydroxyl groups is 1. The number of hydrogen-bond acceptors (Lipinski definition) is 7. The van der Waals surface area contributed by atoms with Gasteiger partial charge in [-0.05, 0) is 53.9 Å².